The second-order valence-electron chi connectivity index (χ2n) is 6.86. The van der Waals surface area contributed by atoms with E-state index >= 15 is 0 Å². The molecule has 6 heteroatoms. The van der Waals surface area contributed by atoms with Gasteiger partial charge in [0, 0.05) is 43.6 Å². The van der Waals surface area contributed by atoms with Crippen LogP contribution in [0.1, 0.15) is 31.7 Å². The summed E-state index contributed by atoms with van der Waals surface area (Å²) >= 11 is 0. The Morgan fingerprint density at radius 2 is 2.12 bits per heavy atom. The average molecular weight is 345 g/mol. The van der Waals surface area contributed by atoms with E-state index in [-0.39, 0.29) is 17.9 Å². The van der Waals surface area contributed by atoms with Crippen LogP contribution in [-0.2, 0) is 11.3 Å². The third-order valence-corrected chi connectivity index (χ3v) is 5.00. The number of hydrogen-bond donors (Lipinski definition) is 1. The first kappa shape index (κ1) is 17.6. The minimum atomic E-state index is -0.0456. The number of methoxy groups -OCH3 is 1. The molecule has 3 amide bonds. The molecule has 136 valence electrons. The van der Waals surface area contributed by atoms with E-state index in [2.05, 4.69) is 5.32 Å². The number of likely N-dealkylation sites (tertiary alicyclic amines) is 1. The molecular weight excluding hydrogens is 318 g/mol. The molecule has 3 rings (SSSR count). The Morgan fingerprint density at radius 3 is 2.76 bits per heavy atom. The smallest absolute Gasteiger partial charge is 0.317 e. The van der Waals surface area contributed by atoms with Crippen LogP contribution in [0.2, 0.25) is 0 Å². The Labute approximate surface area is 149 Å². The Morgan fingerprint density at radius 1 is 1.36 bits per heavy atom. The number of amides is 3. The van der Waals surface area contributed by atoms with Crippen LogP contribution in [0.25, 0.3) is 0 Å². The first-order valence-corrected chi connectivity index (χ1v) is 9.06. The predicted molar refractivity (Wildman–Crippen MR) is 95.3 cm³/mol. The Hall–Kier alpha value is -2.24. The lowest BCUT2D eigenvalue weighted by molar-refractivity contribution is -0.127. The fourth-order valence-corrected chi connectivity index (χ4v) is 3.40. The van der Waals surface area contributed by atoms with Gasteiger partial charge in [-0.1, -0.05) is 18.2 Å². The van der Waals surface area contributed by atoms with Crippen LogP contribution < -0.4 is 10.1 Å². The lowest BCUT2D eigenvalue weighted by atomic mass is 10.1. The molecule has 6 nitrogen and oxygen atoms in total. The topological polar surface area (TPSA) is 61.9 Å². The monoisotopic (exact) mass is 345 g/mol. The minimum Gasteiger partial charge on any atom is -0.496 e. The van der Waals surface area contributed by atoms with Gasteiger partial charge in [-0.05, 0) is 25.8 Å². The minimum absolute atomic E-state index is 0.0456. The number of nitrogens with one attached hydrogen (secondary N) is 1. The van der Waals surface area contributed by atoms with Crippen molar-refractivity contribution in [1.29, 1.82) is 0 Å². The van der Waals surface area contributed by atoms with Crippen LogP contribution in [0.4, 0.5) is 4.79 Å². The van der Waals surface area contributed by atoms with Crippen LogP contribution >= 0.6 is 0 Å². The van der Waals surface area contributed by atoms with Crippen LogP contribution in [0.3, 0.4) is 0 Å². The van der Waals surface area contributed by atoms with Crippen LogP contribution in [0.5, 0.6) is 5.75 Å². The van der Waals surface area contributed by atoms with Gasteiger partial charge in [-0.3, -0.25) is 4.79 Å². The van der Waals surface area contributed by atoms with E-state index < -0.39 is 0 Å². The van der Waals surface area contributed by atoms with Crippen molar-refractivity contribution < 1.29 is 14.3 Å². The van der Waals surface area contributed by atoms with E-state index in [0.717, 1.165) is 37.2 Å². The van der Waals surface area contributed by atoms with Gasteiger partial charge in [0.1, 0.15) is 5.75 Å². The lowest BCUT2D eigenvalue weighted by Crippen LogP contribution is -2.43. The molecule has 1 saturated heterocycles. The lowest BCUT2D eigenvalue weighted by Gasteiger charge is -2.24. The first-order valence-electron chi connectivity index (χ1n) is 9.06. The summed E-state index contributed by atoms with van der Waals surface area (Å²) in [7, 11) is 1.65. The summed E-state index contributed by atoms with van der Waals surface area (Å²) in [6.07, 6.45) is 2.63. The molecule has 1 atom stereocenters. The molecule has 0 bridgehead atoms. The molecule has 1 aliphatic carbocycles. The van der Waals surface area contributed by atoms with E-state index in [0.29, 0.717) is 25.6 Å². The van der Waals surface area contributed by atoms with Crippen LogP contribution in [-0.4, -0.2) is 54.5 Å². The van der Waals surface area contributed by atoms with Crippen molar-refractivity contribution in [1.82, 2.24) is 15.1 Å². The highest BCUT2D eigenvalue weighted by molar-refractivity contribution is 5.79. The van der Waals surface area contributed by atoms with Crippen molar-refractivity contribution in [3.8, 4) is 5.75 Å². The zero-order valence-corrected chi connectivity index (χ0v) is 15.0. The summed E-state index contributed by atoms with van der Waals surface area (Å²) in [4.78, 5) is 28.3. The normalized spacial score (nSPS) is 19.8. The van der Waals surface area contributed by atoms with Crippen molar-refractivity contribution in [2.45, 2.75) is 38.8 Å². The molecule has 1 aromatic carbocycles. The van der Waals surface area contributed by atoms with Gasteiger partial charge in [0.05, 0.1) is 13.7 Å². The average Bonchev–Trinajstić information content (AvgIpc) is 3.40. The predicted octanol–water partition coefficient (Wildman–Crippen LogP) is 2.24. The fraction of sp³-hybridized carbons (Fsp3) is 0.579. The number of urea groups is 1. The standard InChI is InChI=1S/C19H27N3O3/c1-3-21-12-14(10-18(21)23)11-20-19(24)22(16-8-9-16)13-15-6-4-5-7-17(15)25-2/h4-7,14,16H,3,8-13H2,1-2H3,(H,20,24). The summed E-state index contributed by atoms with van der Waals surface area (Å²) in [6.45, 7) is 4.57. The molecule has 1 aliphatic heterocycles. The van der Waals surface area contributed by atoms with Crippen molar-refractivity contribution in [3.63, 3.8) is 0 Å². The number of carbonyl (C=O) groups is 2. The SMILES string of the molecule is CCN1CC(CNC(=O)N(Cc2ccccc2OC)C2CC2)CC1=O. The van der Waals surface area contributed by atoms with E-state index in [9.17, 15) is 9.59 Å². The first-order chi connectivity index (χ1) is 12.1. The van der Waals surface area contributed by atoms with Gasteiger partial charge in [-0.25, -0.2) is 4.79 Å². The second kappa shape index (κ2) is 7.76. The zero-order valence-electron chi connectivity index (χ0n) is 15.0. The summed E-state index contributed by atoms with van der Waals surface area (Å²) < 4.78 is 5.40. The molecule has 2 fully saturated rings. The number of benzene rings is 1. The van der Waals surface area contributed by atoms with Gasteiger partial charge in [0.15, 0.2) is 0 Å². The van der Waals surface area contributed by atoms with Crippen molar-refractivity contribution in [2.24, 2.45) is 5.92 Å². The maximum Gasteiger partial charge on any atom is 0.317 e. The number of hydrogen-bond acceptors (Lipinski definition) is 3. The quantitative estimate of drug-likeness (QED) is 0.824. The fourth-order valence-electron chi connectivity index (χ4n) is 3.40. The molecule has 0 aromatic heterocycles. The molecule has 1 heterocycles. The Kier molecular flexibility index (Phi) is 5.46. The number of nitrogens with zero attached hydrogens (tertiary/aromatic N) is 2. The van der Waals surface area contributed by atoms with E-state index in [4.69, 9.17) is 4.74 Å². The van der Waals surface area contributed by atoms with Gasteiger partial charge in [-0.2, -0.15) is 0 Å². The Balaban J connectivity index is 1.58. The highest BCUT2D eigenvalue weighted by Crippen LogP contribution is 2.30. The van der Waals surface area contributed by atoms with Crippen LogP contribution in [0, 0.1) is 5.92 Å². The maximum atomic E-state index is 12.7. The molecule has 1 aromatic rings. The van der Waals surface area contributed by atoms with Crippen molar-refractivity contribution >= 4 is 11.9 Å². The largest absolute Gasteiger partial charge is 0.496 e. The van der Waals surface area contributed by atoms with Crippen molar-refractivity contribution in [3.05, 3.63) is 29.8 Å². The molecular formula is C19H27N3O3. The van der Waals surface area contributed by atoms with Crippen LogP contribution in [0.15, 0.2) is 24.3 Å². The van der Waals surface area contributed by atoms with E-state index in [1.54, 1.807) is 7.11 Å². The second-order valence-corrected chi connectivity index (χ2v) is 6.86. The number of rotatable bonds is 7. The molecule has 0 radical (unpaired) electrons. The molecule has 0 spiro atoms. The highest BCUT2D eigenvalue weighted by atomic mass is 16.5. The number of carbonyl (C=O) groups excluding carboxylic acids is 2. The van der Waals surface area contributed by atoms with Gasteiger partial charge >= 0.3 is 6.03 Å². The molecule has 2 aliphatic rings. The van der Waals surface area contributed by atoms with E-state index in [1.165, 1.54) is 0 Å². The highest BCUT2D eigenvalue weighted by Gasteiger charge is 2.34. The molecule has 25 heavy (non-hydrogen) atoms. The molecule has 1 unspecified atom stereocenters. The maximum absolute atomic E-state index is 12.7. The van der Waals surface area contributed by atoms with Gasteiger partial charge in [-0.15, -0.1) is 0 Å². The summed E-state index contributed by atoms with van der Waals surface area (Å²) in [6, 6.07) is 8.07. The van der Waals surface area contributed by atoms with Gasteiger partial charge in [0.2, 0.25) is 5.91 Å². The van der Waals surface area contributed by atoms with Crippen molar-refractivity contribution in [2.75, 3.05) is 26.7 Å². The summed E-state index contributed by atoms with van der Waals surface area (Å²) in [5.41, 5.74) is 1.01. The third-order valence-electron chi connectivity index (χ3n) is 5.00. The molecule has 1 N–H and O–H groups in total. The number of para-hydroxylation sites is 1. The Bertz CT molecular complexity index is 630. The summed E-state index contributed by atoms with van der Waals surface area (Å²) in [5.74, 6) is 1.21. The van der Waals surface area contributed by atoms with Gasteiger partial charge in [0.25, 0.3) is 0 Å². The van der Waals surface area contributed by atoms with E-state index in [1.807, 2.05) is 41.0 Å². The number of ether oxygens (including phenoxy) is 1. The van der Waals surface area contributed by atoms with Gasteiger partial charge < -0.3 is 19.9 Å². The molecule has 1 saturated carbocycles. The summed E-state index contributed by atoms with van der Waals surface area (Å²) in [5, 5.41) is 3.04. The zero-order chi connectivity index (χ0) is 17.8. The third kappa shape index (κ3) is 4.24.